The molecule has 8 nitrogen and oxygen atoms in total. The number of amides is 4. The highest BCUT2D eigenvalue weighted by molar-refractivity contribution is 6.09. The van der Waals surface area contributed by atoms with Crippen LogP contribution in [0, 0.1) is 5.92 Å². The molecule has 1 spiro atoms. The molecule has 2 fully saturated rings. The first-order chi connectivity index (χ1) is 12.3. The zero-order valence-electron chi connectivity index (χ0n) is 15.8. The smallest absolute Gasteiger partial charge is 0.326 e. The zero-order chi connectivity index (χ0) is 19.3. The van der Waals surface area contributed by atoms with E-state index < -0.39 is 36.6 Å². The van der Waals surface area contributed by atoms with Crippen LogP contribution in [0.25, 0.3) is 0 Å². The molecule has 1 saturated carbocycles. The van der Waals surface area contributed by atoms with Crippen LogP contribution in [0.3, 0.4) is 0 Å². The van der Waals surface area contributed by atoms with Gasteiger partial charge in [0.1, 0.15) is 12.1 Å². The number of nitrogens with zero attached hydrogens (tertiary/aromatic N) is 1. The van der Waals surface area contributed by atoms with Crippen LogP contribution in [0.4, 0.5) is 4.79 Å². The first-order valence-electron chi connectivity index (χ1n) is 9.39. The van der Waals surface area contributed by atoms with Crippen LogP contribution in [0.2, 0.25) is 0 Å². The van der Waals surface area contributed by atoms with E-state index in [2.05, 4.69) is 10.6 Å². The fourth-order valence-corrected chi connectivity index (χ4v) is 3.78. The molecule has 1 saturated heterocycles. The van der Waals surface area contributed by atoms with Gasteiger partial charge in [-0.3, -0.25) is 19.3 Å². The maximum absolute atomic E-state index is 12.7. The number of carbonyl (C=O) groups excluding carboxylic acids is 4. The largest absolute Gasteiger partial charge is 0.454 e. The lowest BCUT2D eigenvalue weighted by Crippen LogP contribution is -2.54. The van der Waals surface area contributed by atoms with Gasteiger partial charge in [-0.2, -0.15) is 0 Å². The Hall–Kier alpha value is -2.12. The third kappa shape index (κ3) is 4.34. The van der Waals surface area contributed by atoms with Crippen molar-refractivity contribution in [3.63, 3.8) is 0 Å². The number of rotatable bonds is 7. The van der Waals surface area contributed by atoms with E-state index in [-0.39, 0.29) is 17.9 Å². The normalized spacial score (nSPS) is 26.6. The highest BCUT2D eigenvalue weighted by Crippen LogP contribution is 2.38. The van der Waals surface area contributed by atoms with Crippen molar-refractivity contribution in [2.45, 2.75) is 70.9 Å². The van der Waals surface area contributed by atoms with Crippen molar-refractivity contribution in [2.24, 2.45) is 5.92 Å². The molecule has 2 aliphatic rings. The molecule has 1 aliphatic heterocycles. The lowest BCUT2D eigenvalue weighted by molar-refractivity contribution is -0.151. The summed E-state index contributed by atoms with van der Waals surface area (Å²) >= 11 is 0. The summed E-state index contributed by atoms with van der Waals surface area (Å²) in [7, 11) is 0. The van der Waals surface area contributed by atoms with Gasteiger partial charge in [-0.05, 0) is 32.1 Å². The SMILES string of the molecule is CCC[C@H](C)NC(=O)COC(=O)CN1C(=O)N[C@]2(CCCC[C@@H]2C)C1=O. The van der Waals surface area contributed by atoms with Gasteiger partial charge in [0, 0.05) is 6.04 Å². The van der Waals surface area contributed by atoms with Gasteiger partial charge in [0.2, 0.25) is 0 Å². The molecule has 1 aliphatic carbocycles. The minimum absolute atomic E-state index is 0.00443. The molecule has 0 aromatic heterocycles. The van der Waals surface area contributed by atoms with Gasteiger partial charge in [0.05, 0.1) is 0 Å². The Bertz CT molecular complexity index is 579. The van der Waals surface area contributed by atoms with Gasteiger partial charge in [0.25, 0.3) is 11.8 Å². The van der Waals surface area contributed by atoms with Crippen LogP contribution in [0.1, 0.15) is 59.3 Å². The Kier molecular flexibility index (Phi) is 6.61. The van der Waals surface area contributed by atoms with Crippen LogP contribution in [-0.2, 0) is 19.1 Å². The third-order valence-electron chi connectivity index (χ3n) is 5.28. The highest BCUT2D eigenvalue weighted by atomic mass is 16.5. The first kappa shape index (κ1) is 20.2. The molecular weight excluding hydrogens is 338 g/mol. The minimum atomic E-state index is -0.900. The topological polar surface area (TPSA) is 105 Å². The summed E-state index contributed by atoms with van der Waals surface area (Å²) in [5.41, 5.74) is -0.900. The van der Waals surface area contributed by atoms with Gasteiger partial charge in [-0.1, -0.05) is 33.1 Å². The first-order valence-corrected chi connectivity index (χ1v) is 9.39. The summed E-state index contributed by atoms with van der Waals surface area (Å²) in [4.78, 5) is 49.6. The molecule has 2 N–H and O–H groups in total. The molecule has 146 valence electrons. The van der Waals surface area contributed by atoms with Crippen LogP contribution in [-0.4, -0.2) is 53.4 Å². The average molecular weight is 367 g/mol. The van der Waals surface area contributed by atoms with E-state index in [9.17, 15) is 19.2 Å². The number of hydrogen-bond acceptors (Lipinski definition) is 5. The molecule has 0 aromatic rings. The lowest BCUT2D eigenvalue weighted by atomic mass is 9.73. The van der Waals surface area contributed by atoms with E-state index in [1.807, 2.05) is 20.8 Å². The van der Waals surface area contributed by atoms with E-state index in [0.717, 1.165) is 37.0 Å². The summed E-state index contributed by atoms with van der Waals surface area (Å²) in [6, 6.07) is -0.563. The van der Waals surface area contributed by atoms with Crippen LogP contribution < -0.4 is 10.6 Å². The number of carbonyl (C=O) groups is 4. The van der Waals surface area contributed by atoms with E-state index in [0.29, 0.717) is 6.42 Å². The van der Waals surface area contributed by atoms with Gasteiger partial charge in [-0.25, -0.2) is 4.79 Å². The second kappa shape index (κ2) is 8.51. The minimum Gasteiger partial charge on any atom is -0.454 e. The Morgan fingerprint density at radius 1 is 1.38 bits per heavy atom. The molecule has 26 heavy (non-hydrogen) atoms. The molecule has 8 heteroatoms. The van der Waals surface area contributed by atoms with Crippen LogP contribution >= 0.6 is 0 Å². The Morgan fingerprint density at radius 3 is 2.77 bits per heavy atom. The summed E-state index contributed by atoms with van der Waals surface area (Å²) in [6.07, 6.45) is 5.11. The standard InChI is InChI=1S/C18H29N3O5/c1-4-7-13(3)19-14(22)11-26-15(23)10-21-16(24)18(20-17(21)25)9-6-5-8-12(18)2/h12-13H,4-11H2,1-3H3,(H,19,22)(H,20,25)/t12-,13-,18-/m0/s1. The van der Waals surface area contributed by atoms with Crippen molar-refractivity contribution >= 4 is 23.8 Å². The number of esters is 1. The van der Waals surface area contributed by atoms with E-state index >= 15 is 0 Å². The lowest BCUT2D eigenvalue weighted by Gasteiger charge is -2.36. The Morgan fingerprint density at radius 2 is 2.12 bits per heavy atom. The number of ether oxygens (including phenoxy) is 1. The second-order valence-electron chi connectivity index (χ2n) is 7.36. The van der Waals surface area contributed by atoms with Gasteiger partial charge in [0.15, 0.2) is 6.61 Å². The number of imide groups is 1. The number of hydrogen-bond donors (Lipinski definition) is 2. The molecule has 0 aromatic carbocycles. The highest BCUT2D eigenvalue weighted by Gasteiger charge is 2.55. The molecule has 2 rings (SSSR count). The zero-order valence-corrected chi connectivity index (χ0v) is 15.8. The van der Waals surface area contributed by atoms with Crippen molar-refractivity contribution in [1.82, 2.24) is 15.5 Å². The fourth-order valence-electron chi connectivity index (χ4n) is 3.78. The summed E-state index contributed by atoms with van der Waals surface area (Å²) in [5.74, 6) is -1.51. The van der Waals surface area contributed by atoms with Crippen molar-refractivity contribution in [3.05, 3.63) is 0 Å². The maximum atomic E-state index is 12.7. The van der Waals surface area contributed by atoms with Crippen molar-refractivity contribution < 1.29 is 23.9 Å². The van der Waals surface area contributed by atoms with Crippen molar-refractivity contribution in [1.29, 1.82) is 0 Å². The quantitative estimate of drug-likeness (QED) is 0.522. The monoisotopic (exact) mass is 367 g/mol. The van der Waals surface area contributed by atoms with E-state index in [4.69, 9.17) is 4.74 Å². The second-order valence-corrected chi connectivity index (χ2v) is 7.36. The van der Waals surface area contributed by atoms with Crippen LogP contribution in [0.15, 0.2) is 0 Å². The third-order valence-corrected chi connectivity index (χ3v) is 5.28. The van der Waals surface area contributed by atoms with E-state index in [1.165, 1.54) is 0 Å². The molecule has 0 unspecified atom stereocenters. The molecule has 0 radical (unpaired) electrons. The molecular formula is C18H29N3O5. The maximum Gasteiger partial charge on any atom is 0.326 e. The number of urea groups is 1. The number of nitrogens with one attached hydrogen (secondary N) is 2. The van der Waals surface area contributed by atoms with Crippen molar-refractivity contribution in [3.8, 4) is 0 Å². The Labute approximate surface area is 154 Å². The van der Waals surface area contributed by atoms with Crippen LogP contribution in [0.5, 0.6) is 0 Å². The molecule has 3 atom stereocenters. The summed E-state index contributed by atoms with van der Waals surface area (Å²) in [5, 5.41) is 5.50. The summed E-state index contributed by atoms with van der Waals surface area (Å²) < 4.78 is 4.92. The fraction of sp³-hybridized carbons (Fsp3) is 0.778. The van der Waals surface area contributed by atoms with E-state index in [1.54, 1.807) is 0 Å². The Balaban J connectivity index is 1.86. The van der Waals surface area contributed by atoms with Gasteiger partial charge >= 0.3 is 12.0 Å². The predicted molar refractivity (Wildman–Crippen MR) is 94.1 cm³/mol. The van der Waals surface area contributed by atoms with Gasteiger partial charge in [-0.15, -0.1) is 0 Å². The molecule has 0 bridgehead atoms. The summed E-state index contributed by atoms with van der Waals surface area (Å²) in [6.45, 7) is 4.94. The van der Waals surface area contributed by atoms with Crippen molar-refractivity contribution in [2.75, 3.05) is 13.2 Å². The average Bonchev–Trinajstić information content (AvgIpc) is 2.81. The molecule has 1 heterocycles. The van der Waals surface area contributed by atoms with Gasteiger partial charge < -0.3 is 15.4 Å². The predicted octanol–water partition coefficient (Wildman–Crippen LogP) is 1.34. The molecule has 4 amide bonds.